The second-order valence-electron chi connectivity index (χ2n) is 3.95. The summed E-state index contributed by atoms with van der Waals surface area (Å²) in [6.07, 6.45) is 5.31. The second kappa shape index (κ2) is 4.44. The third-order valence-electron chi connectivity index (χ3n) is 2.76. The number of aromatic nitrogens is 4. The van der Waals surface area contributed by atoms with E-state index in [-0.39, 0.29) is 0 Å². The number of hydrogen-bond acceptors (Lipinski definition) is 4. The summed E-state index contributed by atoms with van der Waals surface area (Å²) in [6.45, 7) is 2.91. The first kappa shape index (κ1) is 10.7. The van der Waals surface area contributed by atoms with Crippen molar-refractivity contribution in [2.75, 3.05) is 5.32 Å². The fourth-order valence-electron chi connectivity index (χ4n) is 1.84. The Labute approximate surface area is 104 Å². The molecule has 90 valence electrons. The minimum atomic E-state index is 0.802. The Hall–Kier alpha value is -2.43. The molecule has 18 heavy (non-hydrogen) atoms. The fraction of sp³-hybridized carbons (Fsp3) is 0.154. The van der Waals surface area contributed by atoms with E-state index < -0.39 is 0 Å². The quantitative estimate of drug-likeness (QED) is 0.763. The lowest BCUT2D eigenvalue weighted by Crippen LogP contribution is -1.95. The molecule has 2 heterocycles. The number of para-hydroxylation sites is 1. The molecule has 1 N–H and O–H groups in total. The molecule has 2 aromatic heterocycles. The second-order valence-corrected chi connectivity index (χ2v) is 3.95. The van der Waals surface area contributed by atoms with Crippen LogP contribution < -0.4 is 5.32 Å². The largest absolute Gasteiger partial charge is 0.337 e. The minimum Gasteiger partial charge on any atom is -0.337 e. The number of nitrogens with one attached hydrogen (secondary N) is 1. The highest BCUT2D eigenvalue weighted by molar-refractivity contribution is 5.90. The Kier molecular flexibility index (Phi) is 2.64. The minimum absolute atomic E-state index is 0.802. The van der Waals surface area contributed by atoms with E-state index in [0.29, 0.717) is 0 Å². The molecule has 3 aromatic rings. The van der Waals surface area contributed by atoms with Crippen LogP contribution in [0.2, 0.25) is 0 Å². The average Bonchev–Trinajstić information content (AvgIpc) is 2.87. The van der Waals surface area contributed by atoms with Crippen molar-refractivity contribution in [1.82, 2.24) is 19.7 Å². The smallest absolute Gasteiger partial charge is 0.141 e. The van der Waals surface area contributed by atoms with Crippen molar-refractivity contribution in [3.05, 3.63) is 43.0 Å². The zero-order chi connectivity index (χ0) is 12.4. The van der Waals surface area contributed by atoms with Crippen LogP contribution >= 0.6 is 0 Å². The molecule has 0 radical (unpaired) electrons. The summed E-state index contributed by atoms with van der Waals surface area (Å²) < 4.78 is 1.87. The molecule has 0 aliphatic rings. The van der Waals surface area contributed by atoms with Crippen LogP contribution in [0.3, 0.4) is 0 Å². The normalized spacial score (nSPS) is 10.7. The maximum atomic E-state index is 4.28. The van der Waals surface area contributed by atoms with E-state index in [2.05, 4.69) is 27.3 Å². The monoisotopic (exact) mass is 239 g/mol. The highest BCUT2D eigenvalue weighted by Crippen LogP contribution is 2.21. The van der Waals surface area contributed by atoms with Gasteiger partial charge in [-0.2, -0.15) is 5.10 Å². The van der Waals surface area contributed by atoms with Crippen molar-refractivity contribution >= 4 is 22.4 Å². The van der Waals surface area contributed by atoms with Gasteiger partial charge in [0.1, 0.15) is 12.1 Å². The molecular formula is C13H13N5. The van der Waals surface area contributed by atoms with E-state index in [0.717, 1.165) is 29.0 Å². The Balaban J connectivity index is 1.99. The maximum Gasteiger partial charge on any atom is 0.141 e. The number of benzene rings is 1. The van der Waals surface area contributed by atoms with Gasteiger partial charge in [-0.1, -0.05) is 12.1 Å². The van der Waals surface area contributed by atoms with Gasteiger partial charge in [0.15, 0.2) is 0 Å². The summed E-state index contributed by atoms with van der Waals surface area (Å²) in [4.78, 5) is 8.51. The maximum absolute atomic E-state index is 4.28. The molecule has 0 unspecified atom stereocenters. The van der Waals surface area contributed by atoms with Crippen LogP contribution in [0.5, 0.6) is 0 Å². The topological polar surface area (TPSA) is 55.6 Å². The van der Waals surface area contributed by atoms with Crippen LogP contribution in [0.4, 0.5) is 11.5 Å². The number of aryl methyl sites for hydroxylation is 1. The Morgan fingerprint density at radius 3 is 2.94 bits per heavy atom. The molecule has 0 saturated heterocycles. The van der Waals surface area contributed by atoms with Crippen molar-refractivity contribution in [1.29, 1.82) is 0 Å². The predicted molar refractivity (Wildman–Crippen MR) is 70.7 cm³/mol. The molecule has 3 rings (SSSR count). The zero-order valence-corrected chi connectivity index (χ0v) is 10.0. The lowest BCUT2D eigenvalue weighted by atomic mass is 10.2. The summed E-state index contributed by atoms with van der Waals surface area (Å²) in [7, 11) is 0. The van der Waals surface area contributed by atoms with Gasteiger partial charge in [-0.25, -0.2) is 9.97 Å². The number of nitrogens with zero attached hydrogens (tertiary/aromatic N) is 4. The molecule has 0 fully saturated rings. The summed E-state index contributed by atoms with van der Waals surface area (Å²) >= 11 is 0. The van der Waals surface area contributed by atoms with Gasteiger partial charge in [0.2, 0.25) is 0 Å². The molecule has 0 saturated carbocycles. The summed E-state index contributed by atoms with van der Waals surface area (Å²) in [6, 6.07) is 7.92. The van der Waals surface area contributed by atoms with Crippen molar-refractivity contribution in [2.24, 2.45) is 0 Å². The van der Waals surface area contributed by atoms with Gasteiger partial charge >= 0.3 is 0 Å². The molecule has 1 aromatic carbocycles. The van der Waals surface area contributed by atoms with Gasteiger partial charge in [-0.3, -0.25) is 4.68 Å². The zero-order valence-electron chi connectivity index (χ0n) is 10.0. The molecule has 5 nitrogen and oxygen atoms in total. The van der Waals surface area contributed by atoms with Crippen LogP contribution in [0.1, 0.15) is 6.92 Å². The third kappa shape index (κ3) is 1.90. The van der Waals surface area contributed by atoms with E-state index in [1.807, 2.05) is 35.1 Å². The molecule has 0 amide bonds. The predicted octanol–water partition coefficient (Wildman–Crippen LogP) is 2.59. The first-order valence-corrected chi connectivity index (χ1v) is 5.86. The Morgan fingerprint density at radius 1 is 1.22 bits per heavy atom. The SMILES string of the molecule is CCn1cc(Nc2ncnc3ccccc23)cn1. The van der Waals surface area contributed by atoms with Crippen molar-refractivity contribution in [3.8, 4) is 0 Å². The van der Waals surface area contributed by atoms with Crippen molar-refractivity contribution in [2.45, 2.75) is 13.5 Å². The van der Waals surface area contributed by atoms with E-state index in [4.69, 9.17) is 0 Å². The van der Waals surface area contributed by atoms with Crippen molar-refractivity contribution < 1.29 is 0 Å². The summed E-state index contributed by atoms with van der Waals surface area (Å²) in [5.74, 6) is 0.802. The third-order valence-corrected chi connectivity index (χ3v) is 2.76. The molecule has 0 aliphatic carbocycles. The molecule has 0 atom stereocenters. The van der Waals surface area contributed by atoms with Crippen LogP contribution in [-0.2, 0) is 6.54 Å². The van der Waals surface area contributed by atoms with Gasteiger partial charge in [0, 0.05) is 18.1 Å². The molecule has 0 bridgehead atoms. The lowest BCUT2D eigenvalue weighted by Gasteiger charge is -2.05. The van der Waals surface area contributed by atoms with Gasteiger partial charge in [0.05, 0.1) is 17.4 Å². The van der Waals surface area contributed by atoms with Crippen LogP contribution in [0, 0.1) is 0 Å². The summed E-state index contributed by atoms with van der Waals surface area (Å²) in [5, 5.41) is 8.49. The highest BCUT2D eigenvalue weighted by atomic mass is 15.3. The average molecular weight is 239 g/mol. The van der Waals surface area contributed by atoms with Crippen LogP contribution in [-0.4, -0.2) is 19.7 Å². The Morgan fingerprint density at radius 2 is 2.11 bits per heavy atom. The standard InChI is InChI=1S/C13H13N5/c1-2-18-8-10(7-16-18)17-13-11-5-3-4-6-12(11)14-9-15-13/h3-9H,2H2,1H3,(H,14,15,17). The number of anilines is 2. The Bertz CT molecular complexity index is 668. The molecular weight excluding hydrogens is 226 g/mol. The lowest BCUT2D eigenvalue weighted by molar-refractivity contribution is 0.660. The van der Waals surface area contributed by atoms with E-state index in [1.54, 1.807) is 12.5 Å². The number of hydrogen-bond donors (Lipinski definition) is 1. The molecule has 5 heteroatoms. The van der Waals surface area contributed by atoms with Gasteiger partial charge in [0.25, 0.3) is 0 Å². The molecule has 0 spiro atoms. The number of fused-ring (bicyclic) bond motifs is 1. The van der Waals surface area contributed by atoms with E-state index in [9.17, 15) is 0 Å². The first-order valence-electron chi connectivity index (χ1n) is 5.86. The number of rotatable bonds is 3. The van der Waals surface area contributed by atoms with Gasteiger partial charge in [-0.15, -0.1) is 0 Å². The van der Waals surface area contributed by atoms with Gasteiger partial charge in [-0.05, 0) is 19.1 Å². The highest BCUT2D eigenvalue weighted by Gasteiger charge is 2.04. The van der Waals surface area contributed by atoms with Crippen LogP contribution in [0.15, 0.2) is 43.0 Å². The van der Waals surface area contributed by atoms with Gasteiger partial charge < -0.3 is 5.32 Å². The fourth-order valence-corrected chi connectivity index (χ4v) is 1.84. The summed E-state index contributed by atoms with van der Waals surface area (Å²) in [5.41, 5.74) is 1.86. The van der Waals surface area contributed by atoms with E-state index in [1.165, 1.54) is 0 Å². The van der Waals surface area contributed by atoms with E-state index >= 15 is 0 Å². The first-order chi connectivity index (χ1) is 8.86. The van der Waals surface area contributed by atoms with Crippen molar-refractivity contribution in [3.63, 3.8) is 0 Å². The van der Waals surface area contributed by atoms with Crippen LogP contribution in [0.25, 0.3) is 10.9 Å². The molecule has 0 aliphatic heterocycles.